The standard InChI is InChI=1S/C13H17BrO2/c1-12(2)7-13(12,8-15)9-4-5-11(16-3)10(14)6-9/h4-6,15H,7-8H2,1-3H3. The second-order valence-electron chi connectivity index (χ2n) is 5.15. The minimum atomic E-state index is -0.0677. The molecule has 1 aliphatic carbocycles. The Bertz CT molecular complexity index is 414. The van der Waals surface area contributed by atoms with Gasteiger partial charge in [0.05, 0.1) is 18.2 Å². The summed E-state index contributed by atoms with van der Waals surface area (Å²) in [6.45, 7) is 4.60. The van der Waals surface area contributed by atoms with Crippen molar-refractivity contribution >= 4 is 15.9 Å². The van der Waals surface area contributed by atoms with Gasteiger partial charge >= 0.3 is 0 Å². The van der Waals surface area contributed by atoms with E-state index in [-0.39, 0.29) is 17.4 Å². The molecule has 0 aliphatic heterocycles. The van der Waals surface area contributed by atoms with E-state index in [0.717, 1.165) is 16.6 Å². The molecule has 1 saturated carbocycles. The zero-order valence-electron chi connectivity index (χ0n) is 9.88. The first kappa shape index (κ1) is 11.9. The van der Waals surface area contributed by atoms with E-state index in [0.29, 0.717) is 0 Å². The minimum Gasteiger partial charge on any atom is -0.496 e. The Morgan fingerprint density at radius 1 is 1.44 bits per heavy atom. The lowest BCUT2D eigenvalue weighted by molar-refractivity contribution is 0.231. The molecule has 1 aliphatic rings. The quantitative estimate of drug-likeness (QED) is 0.924. The van der Waals surface area contributed by atoms with E-state index in [1.807, 2.05) is 6.07 Å². The number of methoxy groups -OCH3 is 1. The fourth-order valence-corrected chi connectivity index (χ4v) is 3.07. The van der Waals surface area contributed by atoms with Crippen LogP contribution >= 0.6 is 15.9 Å². The van der Waals surface area contributed by atoms with Crippen molar-refractivity contribution in [3.8, 4) is 5.75 Å². The molecule has 1 aromatic rings. The second-order valence-corrected chi connectivity index (χ2v) is 6.00. The van der Waals surface area contributed by atoms with E-state index in [1.165, 1.54) is 5.56 Å². The minimum absolute atomic E-state index is 0.0677. The number of aliphatic hydroxyl groups is 1. The van der Waals surface area contributed by atoms with E-state index in [4.69, 9.17) is 4.74 Å². The van der Waals surface area contributed by atoms with Gasteiger partial charge in [0.1, 0.15) is 5.75 Å². The summed E-state index contributed by atoms with van der Waals surface area (Å²) in [4.78, 5) is 0. The molecule has 16 heavy (non-hydrogen) atoms. The van der Waals surface area contributed by atoms with Crippen LogP contribution < -0.4 is 4.74 Å². The summed E-state index contributed by atoms with van der Waals surface area (Å²) in [6, 6.07) is 6.06. The zero-order valence-corrected chi connectivity index (χ0v) is 11.5. The third-order valence-electron chi connectivity index (χ3n) is 3.89. The van der Waals surface area contributed by atoms with Gasteiger partial charge < -0.3 is 9.84 Å². The van der Waals surface area contributed by atoms with Crippen LogP contribution in [0.2, 0.25) is 0 Å². The van der Waals surface area contributed by atoms with Crippen LogP contribution in [0.15, 0.2) is 22.7 Å². The summed E-state index contributed by atoms with van der Waals surface area (Å²) < 4.78 is 6.16. The van der Waals surface area contributed by atoms with Crippen LogP contribution in [0.25, 0.3) is 0 Å². The highest BCUT2D eigenvalue weighted by Crippen LogP contribution is 2.64. The largest absolute Gasteiger partial charge is 0.496 e. The number of hydrogen-bond donors (Lipinski definition) is 1. The normalized spacial score (nSPS) is 26.6. The average molecular weight is 285 g/mol. The van der Waals surface area contributed by atoms with E-state index in [9.17, 15) is 5.11 Å². The Hall–Kier alpha value is -0.540. The summed E-state index contributed by atoms with van der Waals surface area (Å²) in [5.41, 5.74) is 1.31. The van der Waals surface area contributed by atoms with Gasteiger partial charge in [0.25, 0.3) is 0 Å². The van der Waals surface area contributed by atoms with Gasteiger partial charge in [-0.2, -0.15) is 0 Å². The summed E-state index contributed by atoms with van der Waals surface area (Å²) in [7, 11) is 1.66. The van der Waals surface area contributed by atoms with Gasteiger partial charge in [-0.3, -0.25) is 0 Å². The summed E-state index contributed by atoms with van der Waals surface area (Å²) in [5, 5.41) is 9.62. The van der Waals surface area contributed by atoms with Crippen LogP contribution in [-0.4, -0.2) is 18.8 Å². The second kappa shape index (κ2) is 3.74. The lowest BCUT2D eigenvalue weighted by atomic mass is 9.89. The summed E-state index contributed by atoms with van der Waals surface area (Å²) in [5.74, 6) is 0.829. The fourth-order valence-electron chi connectivity index (χ4n) is 2.53. The van der Waals surface area contributed by atoms with Gasteiger partial charge in [0.2, 0.25) is 0 Å². The van der Waals surface area contributed by atoms with Crippen molar-refractivity contribution < 1.29 is 9.84 Å². The Kier molecular flexibility index (Phi) is 2.79. The van der Waals surface area contributed by atoms with Crippen LogP contribution in [0.3, 0.4) is 0 Å². The van der Waals surface area contributed by atoms with E-state index in [1.54, 1.807) is 7.11 Å². The lowest BCUT2D eigenvalue weighted by Crippen LogP contribution is -2.19. The van der Waals surface area contributed by atoms with Crippen LogP contribution in [-0.2, 0) is 5.41 Å². The molecule has 88 valence electrons. The molecule has 0 heterocycles. The van der Waals surface area contributed by atoms with Crippen LogP contribution in [0.4, 0.5) is 0 Å². The van der Waals surface area contributed by atoms with Crippen molar-refractivity contribution in [2.75, 3.05) is 13.7 Å². The first-order valence-corrected chi connectivity index (χ1v) is 6.21. The van der Waals surface area contributed by atoms with Gasteiger partial charge in [0.15, 0.2) is 0 Å². The first-order chi connectivity index (χ1) is 7.47. The predicted octanol–water partition coefficient (Wildman–Crippen LogP) is 3.12. The Labute approximate surface area is 105 Å². The molecule has 0 radical (unpaired) electrons. The van der Waals surface area contributed by atoms with Crippen molar-refractivity contribution in [1.82, 2.24) is 0 Å². The SMILES string of the molecule is COc1ccc(C2(CO)CC2(C)C)cc1Br. The molecular weight excluding hydrogens is 268 g/mol. The highest BCUT2D eigenvalue weighted by molar-refractivity contribution is 9.10. The monoisotopic (exact) mass is 284 g/mol. The van der Waals surface area contributed by atoms with Crippen molar-refractivity contribution in [2.45, 2.75) is 25.7 Å². The molecule has 0 spiro atoms. The molecule has 2 rings (SSSR count). The first-order valence-electron chi connectivity index (χ1n) is 5.42. The van der Waals surface area contributed by atoms with E-state index >= 15 is 0 Å². The molecule has 0 saturated heterocycles. The van der Waals surface area contributed by atoms with Crippen molar-refractivity contribution in [1.29, 1.82) is 0 Å². The van der Waals surface area contributed by atoms with Gasteiger partial charge in [-0.15, -0.1) is 0 Å². The molecule has 2 nitrogen and oxygen atoms in total. The number of ether oxygens (including phenoxy) is 1. The number of aliphatic hydroxyl groups excluding tert-OH is 1. The van der Waals surface area contributed by atoms with Gasteiger partial charge in [-0.25, -0.2) is 0 Å². The van der Waals surface area contributed by atoms with Gasteiger partial charge in [-0.1, -0.05) is 19.9 Å². The Balaban J connectivity index is 2.39. The lowest BCUT2D eigenvalue weighted by Gasteiger charge is -2.19. The molecule has 1 atom stereocenters. The van der Waals surface area contributed by atoms with Crippen molar-refractivity contribution in [3.63, 3.8) is 0 Å². The number of rotatable bonds is 3. The highest BCUT2D eigenvalue weighted by atomic mass is 79.9. The molecule has 1 aromatic carbocycles. The Morgan fingerprint density at radius 3 is 2.44 bits per heavy atom. The highest BCUT2D eigenvalue weighted by Gasteiger charge is 2.61. The van der Waals surface area contributed by atoms with Crippen LogP contribution in [0.5, 0.6) is 5.75 Å². The van der Waals surface area contributed by atoms with Crippen LogP contribution in [0.1, 0.15) is 25.8 Å². The topological polar surface area (TPSA) is 29.5 Å². The molecule has 1 unspecified atom stereocenters. The van der Waals surface area contributed by atoms with Crippen molar-refractivity contribution in [2.24, 2.45) is 5.41 Å². The maximum Gasteiger partial charge on any atom is 0.133 e. The third kappa shape index (κ3) is 1.57. The third-order valence-corrected chi connectivity index (χ3v) is 4.51. The number of benzene rings is 1. The fraction of sp³-hybridized carbons (Fsp3) is 0.538. The zero-order chi connectivity index (χ0) is 12.0. The molecule has 0 aromatic heterocycles. The Morgan fingerprint density at radius 2 is 2.06 bits per heavy atom. The van der Waals surface area contributed by atoms with Gasteiger partial charge in [0, 0.05) is 5.41 Å². The maximum absolute atomic E-state index is 9.62. The van der Waals surface area contributed by atoms with Crippen LogP contribution in [0, 0.1) is 5.41 Å². The molecule has 0 amide bonds. The molecule has 3 heteroatoms. The number of halogens is 1. The molecular formula is C13H17BrO2. The van der Waals surface area contributed by atoms with E-state index < -0.39 is 0 Å². The molecule has 1 N–H and O–H groups in total. The van der Waals surface area contributed by atoms with Gasteiger partial charge in [-0.05, 0) is 45.5 Å². The molecule has 1 fully saturated rings. The summed E-state index contributed by atoms with van der Waals surface area (Å²) >= 11 is 3.49. The maximum atomic E-state index is 9.62. The smallest absolute Gasteiger partial charge is 0.133 e. The number of hydrogen-bond acceptors (Lipinski definition) is 2. The average Bonchev–Trinajstić information content (AvgIpc) is 2.82. The van der Waals surface area contributed by atoms with Crippen molar-refractivity contribution in [3.05, 3.63) is 28.2 Å². The molecule has 0 bridgehead atoms. The predicted molar refractivity (Wildman–Crippen MR) is 67.9 cm³/mol. The summed E-state index contributed by atoms with van der Waals surface area (Å²) in [6.07, 6.45) is 1.04. The van der Waals surface area contributed by atoms with E-state index in [2.05, 4.69) is 41.9 Å².